The first kappa shape index (κ1) is 16.5. The molecular formula is C16H23N3O3. The van der Waals surface area contributed by atoms with Crippen molar-refractivity contribution in [3.63, 3.8) is 0 Å². The van der Waals surface area contributed by atoms with Gasteiger partial charge in [-0.2, -0.15) is 0 Å². The smallest absolute Gasteiger partial charge is 0.251 e. The molecule has 4 N–H and O–H groups in total. The first-order chi connectivity index (χ1) is 10.7. The Labute approximate surface area is 130 Å². The number of nitrogens with one attached hydrogen (secondary N) is 2. The Hall–Kier alpha value is -1.92. The van der Waals surface area contributed by atoms with Gasteiger partial charge in [-0.05, 0) is 50.1 Å². The highest BCUT2D eigenvalue weighted by Crippen LogP contribution is 2.12. The van der Waals surface area contributed by atoms with E-state index in [0.717, 1.165) is 12.8 Å². The van der Waals surface area contributed by atoms with Crippen LogP contribution in [0.15, 0.2) is 24.3 Å². The second kappa shape index (κ2) is 8.51. The predicted octanol–water partition coefficient (Wildman–Crippen LogP) is 1.27. The maximum Gasteiger partial charge on any atom is 0.251 e. The Morgan fingerprint density at radius 1 is 1.18 bits per heavy atom. The highest BCUT2D eigenvalue weighted by molar-refractivity contribution is 5.95. The van der Waals surface area contributed by atoms with Gasteiger partial charge in [-0.3, -0.25) is 9.59 Å². The van der Waals surface area contributed by atoms with E-state index in [1.807, 2.05) is 0 Å². The van der Waals surface area contributed by atoms with Crippen LogP contribution in [0.3, 0.4) is 0 Å². The molecule has 0 aliphatic carbocycles. The van der Waals surface area contributed by atoms with Crippen LogP contribution in [0.25, 0.3) is 0 Å². The van der Waals surface area contributed by atoms with Gasteiger partial charge in [0.05, 0.1) is 0 Å². The number of rotatable bonds is 6. The van der Waals surface area contributed by atoms with Gasteiger partial charge in [-0.25, -0.2) is 0 Å². The van der Waals surface area contributed by atoms with Gasteiger partial charge >= 0.3 is 0 Å². The summed E-state index contributed by atoms with van der Waals surface area (Å²) in [5.41, 5.74) is 6.64. The molecule has 0 bridgehead atoms. The lowest BCUT2D eigenvalue weighted by Gasteiger charge is -2.23. The standard InChI is InChI=1S/C16H23N3O3/c17-9-1-2-15(20)18-13-5-3-12(4-6-13)16(21)19-14-7-10-22-11-8-14/h3-6,14H,1-2,7-11,17H2,(H,18,20)(H,19,21). The van der Waals surface area contributed by atoms with E-state index in [0.29, 0.717) is 43.9 Å². The quantitative estimate of drug-likeness (QED) is 0.738. The first-order valence-electron chi connectivity index (χ1n) is 7.67. The zero-order chi connectivity index (χ0) is 15.8. The average Bonchev–Trinajstić information content (AvgIpc) is 2.54. The molecule has 2 amide bonds. The van der Waals surface area contributed by atoms with Gasteiger partial charge < -0.3 is 21.1 Å². The summed E-state index contributed by atoms with van der Waals surface area (Å²) in [6.07, 6.45) is 2.77. The van der Waals surface area contributed by atoms with Crippen LogP contribution in [-0.4, -0.2) is 37.6 Å². The van der Waals surface area contributed by atoms with E-state index in [1.54, 1.807) is 24.3 Å². The fraction of sp³-hybridized carbons (Fsp3) is 0.500. The molecule has 0 atom stereocenters. The minimum atomic E-state index is -0.0899. The molecule has 0 radical (unpaired) electrons. The zero-order valence-electron chi connectivity index (χ0n) is 12.6. The number of benzene rings is 1. The Kier molecular flexibility index (Phi) is 6.36. The highest BCUT2D eigenvalue weighted by atomic mass is 16.5. The molecule has 0 aromatic heterocycles. The van der Waals surface area contributed by atoms with Crippen molar-refractivity contribution in [3.8, 4) is 0 Å². The van der Waals surface area contributed by atoms with Gasteiger partial charge in [0.2, 0.25) is 5.91 Å². The Balaban J connectivity index is 1.85. The lowest BCUT2D eigenvalue weighted by Crippen LogP contribution is -2.38. The van der Waals surface area contributed by atoms with Crippen molar-refractivity contribution in [2.24, 2.45) is 5.73 Å². The number of amides is 2. The largest absolute Gasteiger partial charge is 0.381 e. The average molecular weight is 305 g/mol. The molecule has 6 nitrogen and oxygen atoms in total. The summed E-state index contributed by atoms with van der Waals surface area (Å²) in [5.74, 6) is -0.155. The molecule has 2 rings (SSSR count). The molecule has 120 valence electrons. The minimum absolute atomic E-state index is 0.0649. The summed E-state index contributed by atoms with van der Waals surface area (Å²) in [5, 5.41) is 5.78. The van der Waals surface area contributed by atoms with Crippen molar-refractivity contribution in [1.82, 2.24) is 5.32 Å². The molecule has 1 aliphatic heterocycles. The molecule has 0 unspecified atom stereocenters. The van der Waals surface area contributed by atoms with E-state index in [2.05, 4.69) is 10.6 Å². The van der Waals surface area contributed by atoms with Crippen LogP contribution in [0.4, 0.5) is 5.69 Å². The molecule has 1 fully saturated rings. The van der Waals surface area contributed by atoms with Crippen LogP contribution >= 0.6 is 0 Å². The van der Waals surface area contributed by atoms with Crippen molar-refractivity contribution in [1.29, 1.82) is 0 Å². The third-order valence-electron chi connectivity index (χ3n) is 3.60. The lowest BCUT2D eigenvalue weighted by atomic mass is 10.1. The summed E-state index contributed by atoms with van der Waals surface area (Å²) >= 11 is 0. The Morgan fingerprint density at radius 2 is 1.86 bits per heavy atom. The van der Waals surface area contributed by atoms with Crippen molar-refractivity contribution in [2.75, 3.05) is 25.1 Å². The molecule has 1 heterocycles. The van der Waals surface area contributed by atoms with Crippen molar-refractivity contribution in [3.05, 3.63) is 29.8 Å². The molecule has 22 heavy (non-hydrogen) atoms. The molecule has 1 aliphatic rings. The molecule has 0 spiro atoms. The number of carbonyl (C=O) groups excluding carboxylic acids is 2. The van der Waals surface area contributed by atoms with Crippen LogP contribution in [0.5, 0.6) is 0 Å². The monoisotopic (exact) mass is 305 g/mol. The summed E-state index contributed by atoms with van der Waals surface area (Å²) in [4.78, 5) is 23.7. The Morgan fingerprint density at radius 3 is 2.50 bits per heavy atom. The van der Waals surface area contributed by atoms with Gasteiger partial charge in [0.15, 0.2) is 0 Å². The maximum atomic E-state index is 12.1. The van der Waals surface area contributed by atoms with E-state index in [9.17, 15) is 9.59 Å². The number of hydrogen-bond donors (Lipinski definition) is 3. The Bertz CT molecular complexity index is 496. The fourth-order valence-electron chi connectivity index (χ4n) is 2.30. The first-order valence-corrected chi connectivity index (χ1v) is 7.67. The third-order valence-corrected chi connectivity index (χ3v) is 3.60. The van der Waals surface area contributed by atoms with Gasteiger partial charge in [-0.15, -0.1) is 0 Å². The summed E-state index contributed by atoms with van der Waals surface area (Å²) in [7, 11) is 0. The summed E-state index contributed by atoms with van der Waals surface area (Å²) in [6, 6.07) is 7.08. The minimum Gasteiger partial charge on any atom is -0.381 e. The molecule has 0 saturated carbocycles. The van der Waals surface area contributed by atoms with Crippen LogP contribution < -0.4 is 16.4 Å². The van der Waals surface area contributed by atoms with Crippen LogP contribution in [0.2, 0.25) is 0 Å². The van der Waals surface area contributed by atoms with E-state index in [-0.39, 0.29) is 17.9 Å². The van der Waals surface area contributed by atoms with Crippen molar-refractivity contribution in [2.45, 2.75) is 31.7 Å². The van der Waals surface area contributed by atoms with Crippen molar-refractivity contribution < 1.29 is 14.3 Å². The number of nitrogens with two attached hydrogens (primary N) is 1. The number of anilines is 1. The SMILES string of the molecule is NCCCC(=O)Nc1ccc(C(=O)NC2CCOCC2)cc1. The van der Waals surface area contributed by atoms with Crippen LogP contribution in [0, 0.1) is 0 Å². The van der Waals surface area contributed by atoms with Crippen molar-refractivity contribution >= 4 is 17.5 Å². The second-order valence-corrected chi connectivity index (χ2v) is 5.38. The lowest BCUT2D eigenvalue weighted by molar-refractivity contribution is -0.116. The molecular weight excluding hydrogens is 282 g/mol. The maximum absolute atomic E-state index is 12.1. The van der Waals surface area contributed by atoms with Gasteiger partial charge in [0, 0.05) is 36.9 Å². The van der Waals surface area contributed by atoms with Gasteiger partial charge in [0.25, 0.3) is 5.91 Å². The van der Waals surface area contributed by atoms with E-state index in [4.69, 9.17) is 10.5 Å². The van der Waals surface area contributed by atoms with E-state index < -0.39 is 0 Å². The van der Waals surface area contributed by atoms with E-state index in [1.165, 1.54) is 0 Å². The topological polar surface area (TPSA) is 93.5 Å². The molecule has 1 aromatic rings. The summed E-state index contributed by atoms with van der Waals surface area (Å²) < 4.78 is 5.27. The summed E-state index contributed by atoms with van der Waals surface area (Å²) in [6.45, 7) is 1.89. The predicted molar refractivity (Wildman–Crippen MR) is 84.7 cm³/mol. The van der Waals surface area contributed by atoms with E-state index >= 15 is 0 Å². The fourth-order valence-corrected chi connectivity index (χ4v) is 2.30. The number of ether oxygens (including phenoxy) is 1. The molecule has 1 aromatic carbocycles. The second-order valence-electron chi connectivity index (χ2n) is 5.38. The zero-order valence-corrected chi connectivity index (χ0v) is 12.6. The molecule has 6 heteroatoms. The highest BCUT2D eigenvalue weighted by Gasteiger charge is 2.16. The normalized spacial score (nSPS) is 15.3. The number of hydrogen-bond acceptors (Lipinski definition) is 4. The number of carbonyl (C=O) groups is 2. The van der Waals surface area contributed by atoms with Crippen LogP contribution in [-0.2, 0) is 9.53 Å². The van der Waals surface area contributed by atoms with Gasteiger partial charge in [-0.1, -0.05) is 0 Å². The third kappa shape index (κ3) is 5.13. The van der Waals surface area contributed by atoms with Crippen LogP contribution in [0.1, 0.15) is 36.0 Å². The molecule has 1 saturated heterocycles. The van der Waals surface area contributed by atoms with Gasteiger partial charge in [0.1, 0.15) is 0 Å².